The van der Waals surface area contributed by atoms with Crippen LogP contribution < -0.4 is 15.2 Å². The number of phenols is 1. The molecule has 22 heavy (non-hydrogen) atoms. The van der Waals surface area contributed by atoms with E-state index in [-0.39, 0.29) is 17.4 Å². The van der Waals surface area contributed by atoms with Gasteiger partial charge in [-0.1, -0.05) is 0 Å². The monoisotopic (exact) mass is 300 g/mol. The second-order valence-corrected chi connectivity index (χ2v) is 4.66. The molecule has 5 nitrogen and oxygen atoms in total. The minimum absolute atomic E-state index is 0.0267. The van der Waals surface area contributed by atoms with Gasteiger partial charge in [0.1, 0.15) is 0 Å². The van der Waals surface area contributed by atoms with Crippen LogP contribution in [0.1, 0.15) is 0 Å². The van der Waals surface area contributed by atoms with E-state index < -0.39 is 5.82 Å². The molecule has 2 aromatic carbocycles. The van der Waals surface area contributed by atoms with Crippen molar-refractivity contribution in [2.75, 3.05) is 12.8 Å². The minimum Gasteiger partial charge on any atom is -0.504 e. The lowest BCUT2D eigenvalue weighted by Gasteiger charge is -2.09. The molecular weight excluding hydrogens is 287 g/mol. The van der Waals surface area contributed by atoms with Crippen LogP contribution in [0.4, 0.5) is 10.1 Å². The highest BCUT2D eigenvalue weighted by atomic mass is 19.1. The molecule has 0 unspecified atom stereocenters. The van der Waals surface area contributed by atoms with Gasteiger partial charge in [0, 0.05) is 29.3 Å². The maximum Gasteiger partial charge on any atom is 0.219 e. The molecule has 112 valence electrons. The summed E-state index contributed by atoms with van der Waals surface area (Å²) in [6, 6.07) is 10.6. The van der Waals surface area contributed by atoms with Crippen LogP contribution in [0, 0.1) is 5.82 Å². The molecule has 0 atom stereocenters. The average molecular weight is 300 g/mol. The van der Waals surface area contributed by atoms with Gasteiger partial charge < -0.3 is 20.3 Å². The minimum atomic E-state index is -0.570. The van der Waals surface area contributed by atoms with Gasteiger partial charge in [-0.05, 0) is 24.3 Å². The predicted molar refractivity (Wildman–Crippen MR) is 80.8 cm³/mol. The van der Waals surface area contributed by atoms with Gasteiger partial charge >= 0.3 is 0 Å². The third kappa shape index (κ3) is 2.58. The topological polar surface area (TPSA) is 77.6 Å². The zero-order chi connectivity index (χ0) is 15.7. The van der Waals surface area contributed by atoms with Crippen LogP contribution in [0.15, 0.2) is 42.5 Å². The molecule has 0 saturated heterocycles. The van der Waals surface area contributed by atoms with E-state index >= 15 is 0 Å². The summed E-state index contributed by atoms with van der Waals surface area (Å²) < 4.78 is 24.2. The first-order chi connectivity index (χ1) is 10.6. The van der Waals surface area contributed by atoms with Gasteiger partial charge in [-0.15, -0.1) is 0 Å². The van der Waals surface area contributed by atoms with Crippen LogP contribution in [-0.4, -0.2) is 17.2 Å². The average Bonchev–Trinajstić information content (AvgIpc) is 2.49. The molecule has 0 saturated carbocycles. The van der Waals surface area contributed by atoms with Crippen LogP contribution in [0.2, 0.25) is 0 Å². The quantitative estimate of drug-likeness (QED) is 0.724. The number of ether oxygens (including phenoxy) is 2. The number of aromatic nitrogens is 1. The maximum atomic E-state index is 13.7. The van der Waals surface area contributed by atoms with Crippen molar-refractivity contribution in [3.8, 4) is 23.1 Å². The van der Waals surface area contributed by atoms with E-state index in [1.807, 2.05) is 0 Å². The number of fused-ring (bicyclic) bond motifs is 1. The van der Waals surface area contributed by atoms with Gasteiger partial charge in [0.05, 0.1) is 12.6 Å². The number of methoxy groups -OCH3 is 1. The summed E-state index contributed by atoms with van der Waals surface area (Å²) in [7, 11) is 1.47. The Balaban J connectivity index is 1.98. The van der Waals surface area contributed by atoms with E-state index in [4.69, 9.17) is 15.2 Å². The van der Waals surface area contributed by atoms with E-state index in [1.165, 1.54) is 31.4 Å². The molecule has 1 aromatic heterocycles. The van der Waals surface area contributed by atoms with Crippen LogP contribution >= 0.6 is 0 Å². The van der Waals surface area contributed by atoms with Gasteiger partial charge in [0.25, 0.3) is 0 Å². The zero-order valence-corrected chi connectivity index (χ0v) is 11.7. The number of rotatable bonds is 3. The van der Waals surface area contributed by atoms with Crippen molar-refractivity contribution in [1.82, 2.24) is 4.98 Å². The van der Waals surface area contributed by atoms with Crippen molar-refractivity contribution in [1.29, 1.82) is 0 Å². The van der Waals surface area contributed by atoms with E-state index in [2.05, 4.69) is 4.98 Å². The number of hydrogen-bond acceptors (Lipinski definition) is 5. The number of aromatic hydroxyl groups is 1. The first-order valence-corrected chi connectivity index (χ1v) is 6.47. The molecule has 3 N–H and O–H groups in total. The highest BCUT2D eigenvalue weighted by molar-refractivity contribution is 5.83. The molecule has 6 heteroatoms. The summed E-state index contributed by atoms with van der Waals surface area (Å²) in [6.45, 7) is 0. The molecule has 0 fully saturated rings. The molecule has 3 rings (SSSR count). The molecule has 0 spiro atoms. The van der Waals surface area contributed by atoms with Crippen molar-refractivity contribution in [3.05, 3.63) is 48.3 Å². The second-order valence-electron chi connectivity index (χ2n) is 4.66. The van der Waals surface area contributed by atoms with Crippen molar-refractivity contribution < 1.29 is 19.0 Å². The summed E-state index contributed by atoms with van der Waals surface area (Å²) in [4.78, 5) is 4.23. The van der Waals surface area contributed by atoms with Crippen molar-refractivity contribution in [2.45, 2.75) is 0 Å². The second kappa shape index (κ2) is 5.40. The molecule has 0 aliphatic carbocycles. The molecule has 3 aromatic rings. The Bertz CT molecular complexity index is 852. The summed E-state index contributed by atoms with van der Waals surface area (Å²) in [5.41, 5.74) is 6.31. The third-order valence-corrected chi connectivity index (χ3v) is 3.13. The van der Waals surface area contributed by atoms with Crippen LogP contribution in [0.5, 0.6) is 23.1 Å². The number of nitrogens with two attached hydrogens (primary N) is 1. The molecule has 0 aliphatic heterocycles. The number of halogens is 1. The first-order valence-electron chi connectivity index (χ1n) is 6.47. The van der Waals surface area contributed by atoms with E-state index in [9.17, 15) is 9.50 Å². The molecule has 0 bridgehead atoms. The number of nitrogen functional groups attached to an aromatic ring is 1. The predicted octanol–water partition coefficient (Wildman–Crippen LogP) is 3.46. The van der Waals surface area contributed by atoms with Crippen molar-refractivity contribution in [3.63, 3.8) is 0 Å². The summed E-state index contributed by atoms with van der Waals surface area (Å²) >= 11 is 0. The van der Waals surface area contributed by atoms with Crippen LogP contribution in [-0.2, 0) is 0 Å². The fourth-order valence-corrected chi connectivity index (χ4v) is 2.05. The Morgan fingerprint density at radius 2 is 1.91 bits per heavy atom. The van der Waals surface area contributed by atoms with E-state index in [1.54, 1.807) is 18.2 Å². The van der Waals surface area contributed by atoms with E-state index in [0.717, 1.165) is 5.39 Å². The highest BCUT2D eigenvalue weighted by Gasteiger charge is 2.09. The number of nitrogens with zero attached hydrogens (tertiary/aromatic N) is 1. The lowest BCUT2D eigenvalue weighted by Crippen LogP contribution is -1.93. The van der Waals surface area contributed by atoms with Crippen LogP contribution in [0.25, 0.3) is 10.9 Å². The maximum absolute atomic E-state index is 13.7. The lowest BCUT2D eigenvalue weighted by molar-refractivity contribution is 0.374. The number of hydrogen-bond donors (Lipinski definition) is 2. The zero-order valence-electron chi connectivity index (χ0n) is 11.7. The number of anilines is 1. The Morgan fingerprint density at radius 1 is 1.09 bits per heavy atom. The van der Waals surface area contributed by atoms with E-state index in [0.29, 0.717) is 17.0 Å². The van der Waals surface area contributed by atoms with Gasteiger partial charge in [0.2, 0.25) is 5.88 Å². The molecule has 0 radical (unpaired) electrons. The van der Waals surface area contributed by atoms with Gasteiger partial charge in [0.15, 0.2) is 23.1 Å². The molecular formula is C16H13FN2O3. The highest BCUT2D eigenvalue weighted by Crippen LogP contribution is 2.32. The smallest absolute Gasteiger partial charge is 0.219 e. The third-order valence-electron chi connectivity index (χ3n) is 3.13. The number of pyridine rings is 1. The summed E-state index contributed by atoms with van der Waals surface area (Å²) in [5.74, 6) is -0.00939. The fraction of sp³-hybridized carbons (Fsp3) is 0.0625. The van der Waals surface area contributed by atoms with Crippen molar-refractivity contribution in [2.24, 2.45) is 0 Å². The Kier molecular flexibility index (Phi) is 3.42. The molecule has 1 heterocycles. The summed E-state index contributed by atoms with van der Waals surface area (Å²) in [6.07, 6.45) is 0. The Labute approximate surface area is 125 Å². The lowest BCUT2D eigenvalue weighted by atomic mass is 10.2. The normalized spacial score (nSPS) is 10.6. The molecule has 0 amide bonds. The van der Waals surface area contributed by atoms with Crippen molar-refractivity contribution >= 4 is 16.6 Å². The van der Waals surface area contributed by atoms with Gasteiger partial charge in [-0.25, -0.2) is 9.37 Å². The van der Waals surface area contributed by atoms with Gasteiger partial charge in [-0.2, -0.15) is 0 Å². The molecule has 0 aliphatic rings. The number of phenolic OH excluding ortho intramolecular Hbond substituents is 1. The Morgan fingerprint density at radius 3 is 2.64 bits per heavy atom. The van der Waals surface area contributed by atoms with Crippen LogP contribution in [0.3, 0.4) is 0 Å². The fourth-order valence-electron chi connectivity index (χ4n) is 2.05. The Hall–Kier alpha value is -3.02. The van der Waals surface area contributed by atoms with Gasteiger partial charge in [-0.3, -0.25) is 0 Å². The first kappa shape index (κ1) is 13.9. The SMILES string of the molecule is COc1cc2ccc(Oc3ccc(N)cc3F)nc2cc1O. The standard InChI is InChI=1S/C16H13FN2O3/c1-21-15-6-9-2-5-16(19-12(9)8-13(15)20)22-14-4-3-10(18)7-11(14)17/h2-8,20H,18H2,1H3. The number of benzene rings is 2. The summed E-state index contributed by atoms with van der Waals surface area (Å²) in [5, 5.41) is 10.5. The largest absolute Gasteiger partial charge is 0.504 e.